The van der Waals surface area contributed by atoms with Gasteiger partial charge in [0.25, 0.3) is 0 Å². The van der Waals surface area contributed by atoms with E-state index in [-0.39, 0.29) is 11.7 Å². The van der Waals surface area contributed by atoms with Crippen LogP contribution in [0.5, 0.6) is 0 Å². The van der Waals surface area contributed by atoms with Crippen molar-refractivity contribution < 1.29 is 13.2 Å². The molecule has 0 saturated carbocycles. The summed E-state index contributed by atoms with van der Waals surface area (Å²) in [6.45, 7) is 5.00. The van der Waals surface area contributed by atoms with Crippen LogP contribution in [0.1, 0.15) is 12.0 Å². The molecule has 1 N–H and O–H groups in total. The molecule has 172 valence electrons. The molecule has 32 heavy (non-hydrogen) atoms. The predicted molar refractivity (Wildman–Crippen MR) is 127 cm³/mol. The highest BCUT2D eigenvalue weighted by molar-refractivity contribution is 7.88. The number of carbonyl (C=O) groups excluding carboxylic acids is 1. The van der Waals surface area contributed by atoms with Gasteiger partial charge in [-0.25, -0.2) is 8.42 Å². The van der Waals surface area contributed by atoms with E-state index in [0.29, 0.717) is 45.2 Å². The summed E-state index contributed by atoms with van der Waals surface area (Å²) in [5.74, 6) is 0.498. The number of nitrogens with zero attached hydrogens (tertiary/aromatic N) is 3. The maximum Gasteiger partial charge on any atom is 0.234 e. The van der Waals surface area contributed by atoms with Gasteiger partial charge < -0.3 is 10.2 Å². The zero-order valence-corrected chi connectivity index (χ0v) is 19.2. The minimum absolute atomic E-state index is 0.0174. The minimum atomic E-state index is -3.34. The van der Waals surface area contributed by atoms with Gasteiger partial charge in [-0.1, -0.05) is 48.5 Å². The van der Waals surface area contributed by atoms with Crippen molar-refractivity contribution in [2.75, 3.05) is 57.3 Å². The van der Waals surface area contributed by atoms with Crippen LogP contribution >= 0.6 is 0 Å². The molecule has 2 aliphatic rings. The Morgan fingerprint density at radius 3 is 2.25 bits per heavy atom. The van der Waals surface area contributed by atoms with Crippen molar-refractivity contribution in [1.82, 2.24) is 14.5 Å². The molecule has 0 radical (unpaired) electrons. The van der Waals surface area contributed by atoms with Crippen LogP contribution in [0, 0.1) is 5.92 Å². The van der Waals surface area contributed by atoms with Crippen LogP contribution in [0.4, 0.5) is 5.69 Å². The molecule has 1 unspecified atom stereocenters. The Kier molecular flexibility index (Phi) is 7.44. The number of anilines is 1. The highest BCUT2D eigenvalue weighted by Gasteiger charge is 2.28. The van der Waals surface area contributed by atoms with Crippen molar-refractivity contribution >= 4 is 21.6 Å². The zero-order valence-electron chi connectivity index (χ0n) is 18.4. The highest BCUT2D eigenvalue weighted by Crippen LogP contribution is 2.23. The second kappa shape index (κ2) is 10.5. The van der Waals surface area contributed by atoms with Gasteiger partial charge in [0.2, 0.25) is 15.9 Å². The quantitative estimate of drug-likeness (QED) is 0.656. The van der Waals surface area contributed by atoms with E-state index in [9.17, 15) is 13.2 Å². The lowest BCUT2D eigenvalue weighted by molar-refractivity contribution is -0.122. The van der Waals surface area contributed by atoms with Gasteiger partial charge in [0.15, 0.2) is 0 Å². The van der Waals surface area contributed by atoms with Gasteiger partial charge in [0.05, 0.1) is 12.3 Å². The second-order valence-electron chi connectivity index (χ2n) is 8.66. The fraction of sp³-hybridized carbons (Fsp3) is 0.458. The SMILES string of the molecule is O=C(CN1CCN(S(=O)(=O)Cc2ccccc2)CC1)NCC1CCN(c2ccccc2)C1. The van der Waals surface area contributed by atoms with E-state index >= 15 is 0 Å². The molecule has 1 amide bonds. The molecule has 0 aromatic heterocycles. The summed E-state index contributed by atoms with van der Waals surface area (Å²) >= 11 is 0. The third-order valence-electron chi connectivity index (χ3n) is 6.28. The van der Waals surface area contributed by atoms with E-state index in [2.05, 4.69) is 34.5 Å². The highest BCUT2D eigenvalue weighted by atomic mass is 32.2. The zero-order chi connectivity index (χ0) is 22.4. The van der Waals surface area contributed by atoms with Crippen molar-refractivity contribution in [2.24, 2.45) is 5.92 Å². The van der Waals surface area contributed by atoms with E-state index in [4.69, 9.17) is 0 Å². The van der Waals surface area contributed by atoms with Crippen LogP contribution in [-0.2, 0) is 20.6 Å². The summed E-state index contributed by atoms with van der Waals surface area (Å²) in [5, 5.41) is 3.08. The topological polar surface area (TPSA) is 73.0 Å². The molecule has 0 spiro atoms. The van der Waals surface area contributed by atoms with Gasteiger partial charge in [-0.15, -0.1) is 0 Å². The lowest BCUT2D eigenvalue weighted by Crippen LogP contribution is -2.51. The van der Waals surface area contributed by atoms with Crippen LogP contribution in [0.25, 0.3) is 0 Å². The fourth-order valence-electron chi connectivity index (χ4n) is 4.43. The van der Waals surface area contributed by atoms with E-state index in [1.807, 2.05) is 41.3 Å². The fourth-order valence-corrected chi connectivity index (χ4v) is 5.95. The van der Waals surface area contributed by atoms with E-state index in [1.54, 1.807) is 4.31 Å². The number of hydrogen-bond donors (Lipinski definition) is 1. The van der Waals surface area contributed by atoms with Gasteiger partial charge in [0, 0.05) is 51.5 Å². The Balaban J connectivity index is 1.17. The molecule has 2 heterocycles. The van der Waals surface area contributed by atoms with Crippen LogP contribution < -0.4 is 10.2 Å². The molecule has 2 aliphatic heterocycles. The minimum Gasteiger partial charge on any atom is -0.371 e. The maximum atomic E-state index is 12.7. The first kappa shape index (κ1) is 22.8. The molecular weight excluding hydrogens is 424 g/mol. The van der Waals surface area contributed by atoms with Crippen molar-refractivity contribution in [1.29, 1.82) is 0 Å². The summed E-state index contributed by atoms with van der Waals surface area (Å²) in [7, 11) is -3.34. The average molecular weight is 457 g/mol. The van der Waals surface area contributed by atoms with Crippen molar-refractivity contribution in [3.05, 3.63) is 66.2 Å². The number of nitrogens with one attached hydrogen (secondary N) is 1. The van der Waals surface area contributed by atoms with Crippen molar-refractivity contribution in [3.8, 4) is 0 Å². The third kappa shape index (κ3) is 6.09. The summed E-state index contributed by atoms with van der Waals surface area (Å²) in [6, 6.07) is 19.6. The molecule has 8 heteroatoms. The number of para-hydroxylation sites is 1. The van der Waals surface area contributed by atoms with Crippen LogP contribution in [-0.4, -0.2) is 75.9 Å². The first-order valence-electron chi connectivity index (χ1n) is 11.3. The van der Waals surface area contributed by atoms with Gasteiger partial charge in [0.1, 0.15) is 0 Å². The molecule has 7 nitrogen and oxygen atoms in total. The third-order valence-corrected chi connectivity index (χ3v) is 8.13. The molecule has 2 fully saturated rings. The Labute approximate surface area is 191 Å². The lowest BCUT2D eigenvalue weighted by atomic mass is 10.1. The molecule has 0 aliphatic carbocycles. The Bertz CT molecular complexity index is 977. The molecule has 1 atom stereocenters. The molecule has 2 aromatic carbocycles. The van der Waals surface area contributed by atoms with Crippen molar-refractivity contribution in [2.45, 2.75) is 12.2 Å². The molecule has 2 aromatic rings. The average Bonchev–Trinajstić information content (AvgIpc) is 3.28. The van der Waals surface area contributed by atoms with Crippen LogP contribution in [0.15, 0.2) is 60.7 Å². The second-order valence-corrected chi connectivity index (χ2v) is 10.6. The summed E-state index contributed by atoms with van der Waals surface area (Å²) in [5.41, 5.74) is 2.04. The van der Waals surface area contributed by atoms with E-state index in [0.717, 1.165) is 25.1 Å². The monoisotopic (exact) mass is 456 g/mol. The van der Waals surface area contributed by atoms with Crippen LogP contribution in [0.3, 0.4) is 0 Å². The number of sulfonamides is 1. The molecule has 4 rings (SSSR count). The standard InChI is InChI=1S/C24H32N4O3S/c29-24(25-17-22-11-12-27(18-22)23-9-5-2-6-10-23)19-26-13-15-28(16-14-26)32(30,31)20-21-7-3-1-4-8-21/h1-10,22H,11-20H2,(H,25,29). The molecule has 2 saturated heterocycles. The predicted octanol–water partition coefficient (Wildman–Crippen LogP) is 1.78. The number of rotatable bonds is 8. The van der Waals surface area contributed by atoms with Gasteiger partial charge >= 0.3 is 0 Å². The summed E-state index contributed by atoms with van der Waals surface area (Å²) in [6.07, 6.45) is 1.08. The van der Waals surface area contributed by atoms with Crippen molar-refractivity contribution in [3.63, 3.8) is 0 Å². The van der Waals surface area contributed by atoms with Gasteiger partial charge in [-0.2, -0.15) is 4.31 Å². The number of benzene rings is 2. The van der Waals surface area contributed by atoms with Crippen LogP contribution in [0.2, 0.25) is 0 Å². The number of piperazine rings is 1. The van der Waals surface area contributed by atoms with Gasteiger partial charge in [-0.05, 0) is 30.0 Å². The van der Waals surface area contributed by atoms with E-state index in [1.165, 1.54) is 5.69 Å². The Hall–Kier alpha value is -2.42. The first-order valence-corrected chi connectivity index (χ1v) is 12.9. The molecular formula is C24H32N4O3S. The Morgan fingerprint density at radius 1 is 0.906 bits per heavy atom. The summed E-state index contributed by atoms with van der Waals surface area (Å²) < 4.78 is 26.9. The van der Waals surface area contributed by atoms with E-state index < -0.39 is 10.0 Å². The summed E-state index contributed by atoms with van der Waals surface area (Å²) in [4.78, 5) is 16.8. The van der Waals surface area contributed by atoms with Gasteiger partial charge in [-0.3, -0.25) is 9.69 Å². The Morgan fingerprint density at radius 2 is 1.56 bits per heavy atom. The number of hydrogen-bond acceptors (Lipinski definition) is 5. The largest absolute Gasteiger partial charge is 0.371 e. The normalized spacial score (nSPS) is 20.4. The molecule has 0 bridgehead atoms. The smallest absolute Gasteiger partial charge is 0.234 e. The first-order chi connectivity index (χ1) is 15.5. The number of amides is 1. The number of carbonyl (C=O) groups is 1. The maximum absolute atomic E-state index is 12.7. The lowest BCUT2D eigenvalue weighted by Gasteiger charge is -2.33.